The topological polar surface area (TPSA) is 73.7 Å². The molecule has 1 aromatic heterocycles. The minimum Gasteiger partial charge on any atom is -0.494 e. The fraction of sp³-hybridized carbons (Fsp3) is 0.276. The van der Waals surface area contributed by atoms with Gasteiger partial charge in [0.25, 0.3) is 0 Å². The highest BCUT2D eigenvalue weighted by Crippen LogP contribution is 2.42. The number of rotatable bonds is 8. The third-order valence-electron chi connectivity index (χ3n) is 6.46. The zero-order valence-electron chi connectivity index (χ0n) is 20.5. The van der Waals surface area contributed by atoms with Gasteiger partial charge in [-0.15, -0.1) is 0 Å². The van der Waals surface area contributed by atoms with Gasteiger partial charge in [0.1, 0.15) is 5.75 Å². The van der Waals surface area contributed by atoms with Crippen LogP contribution < -0.4 is 9.64 Å². The quantitative estimate of drug-likeness (QED) is 0.266. The summed E-state index contributed by atoms with van der Waals surface area (Å²) < 4.78 is 13.2. The van der Waals surface area contributed by atoms with Crippen LogP contribution in [0.3, 0.4) is 0 Å². The molecule has 0 unspecified atom stereocenters. The molecule has 0 fully saturated rings. The minimum absolute atomic E-state index is 0.190. The van der Waals surface area contributed by atoms with E-state index in [4.69, 9.17) is 14.5 Å². The molecule has 0 saturated carbocycles. The van der Waals surface area contributed by atoms with Gasteiger partial charge in [-0.25, -0.2) is 4.98 Å². The van der Waals surface area contributed by atoms with Gasteiger partial charge in [-0.2, -0.15) is 0 Å². The summed E-state index contributed by atoms with van der Waals surface area (Å²) in [5.41, 5.74) is 3.51. The van der Waals surface area contributed by atoms with Gasteiger partial charge in [0, 0.05) is 6.54 Å². The molecule has 36 heavy (non-hydrogen) atoms. The Labute approximate surface area is 210 Å². The Hall–Kier alpha value is -4.13. The Bertz CT molecular complexity index is 1380. The summed E-state index contributed by atoms with van der Waals surface area (Å²) in [6.45, 7) is 4.77. The van der Waals surface area contributed by atoms with Crippen LogP contribution in [0, 0.1) is 5.92 Å². The predicted molar refractivity (Wildman–Crippen MR) is 138 cm³/mol. The molecule has 0 radical (unpaired) electrons. The van der Waals surface area contributed by atoms with E-state index in [0.29, 0.717) is 31.3 Å². The number of anilines is 1. The maximum atomic E-state index is 14.0. The summed E-state index contributed by atoms with van der Waals surface area (Å²) in [7, 11) is 0. The van der Waals surface area contributed by atoms with Crippen molar-refractivity contribution >= 4 is 28.9 Å². The number of amides is 1. The molecular formula is C29H29N3O4. The second-order valence-electron chi connectivity index (χ2n) is 8.68. The summed E-state index contributed by atoms with van der Waals surface area (Å²) in [5.74, 6) is -0.684. The van der Waals surface area contributed by atoms with E-state index in [1.807, 2.05) is 90.4 Å². The molecule has 0 spiro atoms. The number of carbonyl (C=O) groups excluding carboxylic acids is 2. The lowest BCUT2D eigenvalue weighted by molar-refractivity contribution is -0.153. The first-order valence-electron chi connectivity index (χ1n) is 12.3. The summed E-state index contributed by atoms with van der Waals surface area (Å²) in [4.78, 5) is 33.9. The molecule has 0 bridgehead atoms. The van der Waals surface area contributed by atoms with Crippen molar-refractivity contribution in [2.75, 3.05) is 24.7 Å². The molecule has 2 atom stereocenters. The minimum atomic E-state index is -1.05. The van der Waals surface area contributed by atoms with Gasteiger partial charge in [-0.1, -0.05) is 54.6 Å². The van der Waals surface area contributed by atoms with Crippen LogP contribution in [0.25, 0.3) is 11.0 Å². The third-order valence-corrected chi connectivity index (χ3v) is 6.46. The first-order chi connectivity index (χ1) is 17.6. The number of imidazole rings is 1. The van der Waals surface area contributed by atoms with Crippen LogP contribution in [0.1, 0.15) is 31.0 Å². The fourth-order valence-electron chi connectivity index (χ4n) is 4.90. The molecule has 2 heterocycles. The van der Waals surface area contributed by atoms with Crippen molar-refractivity contribution in [1.82, 2.24) is 9.55 Å². The smallest absolute Gasteiger partial charge is 0.321 e. The van der Waals surface area contributed by atoms with Crippen LogP contribution in [-0.2, 0) is 20.7 Å². The molecule has 7 heteroatoms. The normalized spacial score (nSPS) is 17.2. The molecule has 0 aliphatic carbocycles. The monoisotopic (exact) mass is 483 g/mol. The van der Waals surface area contributed by atoms with Crippen molar-refractivity contribution in [3.8, 4) is 5.75 Å². The molecular weight excluding hydrogens is 454 g/mol. The molecule has 184 valence electrons. The first-order valence-corrected chi connectivity index (χ1v) is 12.3. The Kier molecular flexibility index (Phi) is 6.71. The fourth-order valence-corrected chi connectivity index (χ4v) is 4.90. The number of hydrogen-bond donors (Lipinski definition) is 0. The van der Waals surface area contributed by atoms with Crippen molar-refractivity contribution in [3.05, 3.63) is 90.0 Å². The van der Waals surface area contributed by atoms with Crippen LogP contribution in [0.2, 0.25) is 0 Å². The number of esters is 1. The SMILES string of the molecule is CCOC(=O)[C@H]1C(=O)N(CCc2ccccc2)c2nc3ccccc3n2[C@H]1c1cccc(OCC)c1. The number of carbonyl (C=O) groups is 2. The van der Waals surface area contributed by atoms with E-state index in [1.165, 1.54) is 0 Å². The van der Waals surface area contributed by atoms with Crippen LogP contribution in [0.15, 0.2) is 78.9 Å². The number of aromatic nitrogens is 2. The first kappa shape index (κ1) is 23.6. The van der Waals surface area contributed by atoms with Crippen molar-refractivity contribution in [1.29, 1.82) is 0 Å². The zero-order valence-corrected chi connectivity index (χ0v) is 20.5. The Balaban J connectivity index is 1.67. The molecule has 1 aliphatic rings. The van der Waals surface area contributed by atoms with Gasteiger partial charge in [-0.3, -0.25) is 14.5 Å². The molecule has 1 amide bonds. The number of benzene rings is 3. The van der Waals surface area contributed by atoms with Crippen molar-refractivity contribution in [2.24, 2.45) is 5.92 Å². The summed E-state index contributed by atoms with van der Waals surface area (Å²) in [6.07, 6.45) is 0.635. The van der Waals surface area contributed by atoms with E-state index < -0.39 is 17.9 Å². The van der Waals surface area contributed by atoms with Crippen LogP contribution in [0.4, 0.5) is 5.95 Å². The highest BCUT2D eigenvalue weighted by molar-refractivity contribution is 6.08. The zero-order chi connectivity index (χ0) is 25.1. The maximum absolute atomic E-state index is 14.0. The highest BCUT2D eigenvalue weighted by Gasteiger charge is 2.47. The molecule has 7 nitrogen and oxygen atoms in total. The summed E-state index contributed by atoms with van der Waals surface area (Å²) in [6, 6.07) is 24.7. The maximum Gasteiger partial charge on any atom is 0.321 e. The number of nitrogens with zero attached hydrogens (tertiary/aromatic N) is 3. The number of ether oxygens (including phenoxy) is 2. The molecule has 4 aromatic rings. The van der Waals surface area contributed by atoms with Gasteiger partial charge in [-0.05, 0) is 55.7 Å². The number of para-hydroxylation sites is 2. The second kappa shape index (κ2) is 10.2. The second-order valence-corrected chi connectivity index (χ2v) is 8.68. The van der Waals surface area contributed by atoms with Crippen LogP contribution in [0.5, 0.6) is 5.75 Å². The lowest BCUT2D eigenvalue weighted by Gasteiger charge is -2.38. The average molecular weight is 484 g/mol. The largest absolute Gasteiger partial charge is 0.494 e. The summed E-state index contributed by atoms with van der Waals surface area (Å²) >= 11 is 0. The number of hydrogen-bond acceptors (Lipinski definition) is 5. The van der Waals surface area contributed by atoms with E-state index in [1.54, 1.807) is 11.8 Å². The molecule has 1 aliphatic heterocycles. The molecule has 0 saturated heterocycles. The van der Waals surface area contributed by atoms with E-state index in [9.17, 15) is 9.59 Å². The average Bonchev–Trinajstić information content (AvgIpc) is 3.28. The van der Waals surface area contributed by atoms with E-state index in [0.717, 1.165) is 22.2 Å². The van der Waals surface area contributed by atoms with Gasteiger partial charge in [0.05, 0.1) is 30.3 Å². The Morgan fingerprint density at radius 1 is 0.944 bits per heavy atom. The van der Waals surface area contributed by atoms with Gasteiger partial charge in [0.2, 0.25) is 11.9 Å². The van der Waals surface area contributed by atoms with Gasteiger partial charge < -0.3 is 14.0 Å². The Morgan fingerprint density at radius 2 is 1.72 bits per heavy atom. The van der Waals surface area contributed by atoms with Crippen molar-refractivity contribution in [3.63, 3.8) is 0 Å². The predicted octanol–water partition coefficient (Wildman–Crippen LogP) is 4.79. The van der Waals surface area contributed by atoms with E-state index in [2.05, 4.69) is 0 Å². The third kappa shape index (κ3) is 4.33. The number of fused-ring (bicyclic) bond motifs is 3. The van der Waals surface area contributed by atoms with E-state index in [-0.39, 0.29) is 12.5 Å². The molecule has 5 rings (SSSR count). The van der Waals surface area contributed by atoms with Crippen molar-refractivity contribution < 1.29 is 19.1 Å². The molecule has 3 aromatic carbocycles. The van der Waals surface area contributed by atoms with Gasteiger partial charge >= 0.3 is 5.97 Å². The highest BCUT2D eigenvalue weighted by atomic mass is 16.5. The standard InChI is InChI=1S/C29H29N3O4/c1-3-35-22-14-10-13-21(19-22)26-25(28(34)36-4-2)27(33)31(18-17-20-11-6-5-7-12-20)29-30-23-15-8-9-16-24(23)32(26)29/h5-16,19,25-26H,3-4,17-18H2,1-2H3/t25-,26+/m1/s1. The lowest BCUT2D eigenvalue weighted by atomic mass is 9.89. The van der Waals surface area contributed by atoms with Crippen LogP contribution >= 0.6 is 0 Å². The van der Waals surface area contributed by atoms with Gasteiger partial charge in [0.15, 0.2) is 5.92 Å². The van der Waals surface area contributed by atoms with E-state index >= 15 is 0 Å². The van der Waals surface area contributed by atoms with Crippen molar-refractivity contribution in [2.45, 2.75) is 26.3 Å². The van der Waals surface area contributed by atoms with Crippen LogP contribution in [-0.4, -0.2) is 41.2 Å². The Morgan fingerprint density at radius 3 is 2.50 bits per heavy atom. The molecule has 0 N–H and O–H groups in total. The lowest BCUT2D eigenvalue weighted by Crippen LogP contribution is -2.50. The summed E-state index contributed by atoms with van der Waals surface area (Å²) in [5, 5.41) is 0.